The minimum atomic E-state index is -1.60. The lowest BCUT2D eigenvalue weighted by atomic mass is 9.90. The summed E-state index contributed by atoms with van der Waals surface area (Å²) in [5, 5.41) is 21.2. The highest BCUT2D eigenvalue weighted by molar-refractivity contribution is 6.33. The second kappa shape index (κ2) is 8.89. The summed E-state index contributed by atoms with van der Waals surface area (Å²) in [6.07, 6.45) is -1.91. The summed E-state index contributed by atoms with van der Waals surface area (Å²) < 4.78 is 5.01. The molecule has 0 saturated heterocycles. The van der Waals surface area contributed by atoms with Crippen LogP contribution in [0.1, 0.15) is 25.8 Å². The number of benzene rings is 1. The monoisotopic (exact) mass is 323 g/mol. The van der Waals surface area contributed by atoms with Crippen molar-refractivity contribution in [2.45, 2.75) is 39.0 Å². The van der Waals surface area contributed by atoms with Crippen molar-refractivity contribution in [3.63, 3.8) is 0 Å². The molecule has 1 aromatic rings. The first-order chi connectivity index (χ1) is 10.9. The fourth-order valence-electron chi connectivity index (χ4n) is 2.13. The number of hydrogen-bond acceptors (Lipinski definition) is 5. The minimum Gasteiger partial charge on any atom is -0.475 e. The van der Waals surface area contributed by atoms with Crippen molar-refractivity contribution >= 4 is 17.8 Å². The maximum atomic E-state index is 11.7. The molecule has 0 aliphatic carbocycles. The number of ketones is 1. The predicted molar refractivity (Wildman–Crippen MR) is 81.7 cm³/mol. The van der Waals surface area contributed by atoms with Gasteiger partial charge >= 0.3 is 12.1 Å². The number of aliphatic carboxylic acids is 1. The first-order valence-corrected chi connectivity index (χ1v) is 7.29. The molecular weight excluding hydrogens is 302 g/mol. The van der Waals surface area contributed by atoms with E-state index in [2.05, 4.69) is 5.32 Å². The van der Waals surface area contributed by atoms with Crippen molar-refractivity contribution in [2.75, 3.05) is 0 Å². The highest BCUT2D eigenvalue weighted by atomic mass is 16.5. The van der Waals surface area contributed by atoms with Crippen LogP contribution in [-0.2, 0) is 20.9 Å². The Morgan fingerprint density at radius 1 is 1.22 bits per heavy atom. The van der Waals surface area contributed by atoms with E-state index in [4.69, 9.17) is 9.84 Å². The average molecular weight is 323 g/mol. The van der Waals surface area contributed by atoms with Gasteiger partial charge in [-0.05, 0) is 18.9 Å². The van der Waals surface area contributed by atoms with E-state index in [-0.39, 0.29) is 13.0 Å². The molecule has 1 rings (SSSR count). The molecule has 7 heteroatoms. The third-order valence-electron chi connectivity index (χ3n) is 3.47. The van der Waals surface area contributed by atoms with Gasteiger partial charge < -0.3 is 20.3 Å². The molecule has 23 heavy (non-hydrogen) atoms. The molecular formula is C16H21NO6. The van der Waals surface area contributed by atoms with E-state index in [9.17, 15) is 19.5 Å². The van der Waals surface area contributed by atoms with Crippen molar-refractivity contribution in [3.05, 3.63) is 35.9 Å². The molecule has 0 aliphatic heterocycles. The SMILES string of the molecule is CCC(C(=O)C(=O)O)C(O)C(C)NC(=O)OCc1ccccc1. The van der Waals surface area contributed by atoms with E-state index in [1.54, 1.807) is 19.1 Å². The second-order valence-corrected chi connectivity index (χ2v) is 5.17. The first-order valence-electron chi connectivity index (χ1n) is 7.29. The summed E-state index contributed by atoms with van der Waals surface area (Å²) >= 11 is 0. The first kappa shape index (κ1) is 18.6. The molecule has 1 amide bonds. The Morgan fingerprint density at radius 3 is 2.35 bits per heavy atom. The Hall–Kier alpha value is -2.41. The minimum absolute atomic E-state index is 0.0702. The number of hydrogen-bond donors (Lipinski definition) is 3. The van der Waals surface area contributed by atoms with Crippen molar-refractivity contribution < 1.29 is 29.3 Å². The van der Waals surface area contributed by atoms with Gasteiger partial charge in [0, 0.05) is 0 Å². The van der Waals surface area contributed by atoms with E-state index < -0.39 is 35.9 Å². The number of carbonyl (C=O) groups excluding carboxylic acids is 2. The Labute approximate surface area is 134 Å². The van der Waals surface area contributed by atoms with E-state index in [0.717, 1.165) is 5.56 Å². The lowest BCUT2D eigenvalue weighted by molar-refractivity contribution is -0.153. The predicted octanol–water partition coefficient (Wildman–Crippen LogP) is 1.34. The second-order valence-electron chi connectivity index (χ2n) is 5.17. The molecule has 0 fully saturated rings. The lowest BCUT2D eigenvalue weighted by Gasteiger charge is -2.25. The third kappa shape index (κ3) is 5.71. The van der Waals surface area contributed by atoms with E-state index in [1.807, 2.05) is 18.2 Å². The van der Waals surface area contributed by atoms with Crippen LogP contribution in [0.4, 0.5) is 4.79 Å². The molecule has 0 aromatic heterocycles. The Kier molecular flexibility index (Phi) is 7.21. The van der Waals surface area contributed by atoms with Gasteiger partial charge in [-0.2, -0.15) is 0 Å². The number of Topliss-reactive ketones (excluding diaryl/α,β-unsaturated/α-hetero) is 1. The van der Waals surface area contributed by atoms with Gasteiger partial charge in [-0.15, -0.1) is 0 Å². The molecule has 3 N–H and O–H groups in total. The molecule has 0 aliphatic rings. The van der Waals surface area contributed by atoms with Gasteiger partial charge in [-0.25, -0.2) is 9.59 Å². The maximum Gasteiger partial charge on any atom is 0.407 e. The smallest absolute Gasteiger partial charge is 0.407 e. The van der Waals surface area contributed by atoms with Gasteiger partial charge in [-0.1, -0.05) is 37.3 Å². The summed E-state index contributed by atoms with van der Waals surface area (Å²) in [7, 11) is 0. The lowest BCUT2D eigenvalue weighted by Crippen LogP contribution is -2.47. The number of rotatable bonds is 8. The standard InChI is InChI=1S/C16H21NO6/c1-3-12(14(19)15(20)21)13(18)10(2)17-16(22)23-9-11-7-5-4-6-8-11/h4-8,10,12-13,18H,3,9H2,1-2H3,(H,17,22)(H,20,21). The number of carboxylic acids is 1. The van der Waals surface area contributed by atoms with Crippen LogP contribution >= 0.6 is 0 Å². The Balaban J connectivity index is 2.53. The van der Waals surface area contributed by atoms with Crippen molar-refractivity contribution in [1.82, 2.24) is 5.32 Å². The zero-order valence-electron chi connectivity index (χ0n) is 13.1. The van der Waals surface area contributed by atoms with Crippen LogP contribution in [0.15, 0.2) is 30.3 Å². The highest BCUT2D eigenvalue weighted by Gasteiger charge is 2.33. The Morgan fingerprint density at radius 2 is 1.83 bits per heavy atom. The van der Waals surface area contributed by atoms with Crippen molar-refractivity contribution in [1.29, 1.82) is 0 Å². The zero-order valence-corrected chi connectivity index (χ0v) is 13.1. The molecule has 3 unspecified atom stereocenters. The molecule has 0 heterocycles. The molecule has 126 valence electrons. The number of aliphatic hydroxyl groups excluding tert-OH is 1. The van der Waals surface area contributed by atoms with Gasteiger partial charge in [0.2, 0.25) is 5.78 Å². The van der Waals surface area contributed by atoms with E-state index >= 15 is 0 Å². The average Bonchev–Trinajstić information content (AvgIpc) is 2.54. The third-order valence-corrected chi connectivity index (χ3v) is 3.47. The van der Waals surface area contributed by atoms with E-state index in [1.165, 1.54) is 6.92 Å². The zero-order chi connectivity index (χ0) is 17.4. The number of nitrogens with one attached hydrogen (secondary N) is 1. The van der Waals surface area contributed by atoms with Gasteiger partial charge in [0.05, 0.1) is 18.1 Å². The number of alkyl carbamates (subject to hydrolysis) is 1. The van der Waals surface area contributed by atoms with Gasteiger partial charge in [0.25, 0.3) is 0 Å². The van der Waals surface area contributed by atoms with E-state index in [0.29, 0.717) is 0 Å². The van der Waals surface area contributed by atoms with Gasteiger partial charge in [-0.3, -0.25) is 4.79 Å². The number of ether oxygens (including phenoxy) is 1. The van der Waals surface area contributed by atoms with Crippen LogP contribution in [0.5, 0.6) is 0 Å². The van der Waals surface area contributed by atoms with Crippen LogP contribution in [-0.4, -0.2) is 40.2 Å². The van der Waals surface area contributed by atoms with Crippen molar-refractivity contribution in [2.24, 2.45) is 5.92 Å². The van der Waals surface area contributed by atoms with Gasteiger partial charge in [0.15, 0.2) is 0 Å². The number of aliphatic hydroxyl groups is 1. The van der Waals surface area contributed by atoms with Crippen LogP contribution in [0, 0.1) is 5.92 Å². The van der Waals surface area contributed by atoms with Crippen LogP contribution in [0.2, 0.25) is 0 Å². The van der Waals surface area contributed by atoms with Crippen molar-refractivity contribution in [3.8, 4) is 0 Å². The Bertz CT molecular complexity index is 545. The van der Waals surface area contributed by atoms with Crippen LogP contribution in [0.3, 0.4) is 0 Å². The molecule has 0 bridgehead atoms. The maximum absolute atomic E-state index is 11.7. The summed E-state index contributed by atoms with van der Waals surface area (Å²) in [6.45, 7) is 3.14. The fraction of sp³-hybridized carbons (Fsp3) is 0.438. The summed E-state index contributed by atoms with van der Waals surface area (Å²) in [5.74, 6) is -3.77. The summed E-state index contributed by atoms with van der Waals surface area (Å²) in [6, 6.07) is 8.23. The molecule has 1 aromatic carbocycles. The van der Waals surface area contributed by atoms with Gasteiger partial charge in [0.1, 0.15) is 6.61 Å². The number of amides is 1. The summed E-state index contributed by atoms with van der Waals surface area (Å²) in [4.78, 5) is 33.9. The molecule has 0 saturated carbocycles. The van der Waals surface area contributed by atoms with Crippen LogP contribution in [0.25, 0.3) is 0 Å². The molecule has 0 spiro atoms. The number of carbonyl (C=O) groups is 3. The highest BCUT2D eigenvalue weighted by Crippen LogP contribution is 2.14. The fourth-order valence-corrected chi connectivity index (χ4v) is 2.13. The largest absolute Gasteiger partial charge is 0.475 e. The summed E-state index contributed by atoms with van der Waals surface area (Å²) in [5.41, 5.74) is 0.809. The molecule has 3 atom stereocenters. The number of carboxylic acid groups (broad SMARTS) is 1. The topological polar surface area (TPSA) is 113 Å². The molecule has 0 radical (unpaired) electrons. The quantitative estimate of drug-likeness (QED) is 0.622. The normalized spacial score (nSPS) is 14.4. The van der Waals surface area contributed by atoms with Crippen LogP contribution < -0.4 is 5.32 Å². The molecule has 7 nitrogen and oxygen atoms in total.